The van der Waals surface area contributed by atoms with Crippen LogP contribution >= 0.6 is 12.4 Å². The van der Waals surface area contributed by atoms with Crippen LogP contribution in [-0.4, -0.2) is 17.7 Å². The molecule has 2 rings (SSSR count). The van der Waals surface area contributed by atoms with E-state index in [-0.39, 0.29) is 12.4 Å². The molecule has 0 amide bonds. The van der Waals surface area contributed by atoms with Crippen LogP contribution in [0.25, 0.3) is 0 Å². The average Bonchev–Trinajstić information content (AvgIpc) is 2.19. The number of rotatable bonds is 1. The lowest BCUT2D eigenvalue weighted by Gasteiger charge is -2.36. The van der Waals surface area contributed by atoms with Gasteiger partial charge in [-0.2, -0.15) is 0 Å². The van der Waals surface area contributed by atoms with Crippen LogP contribution in [-0.2, 0) is 5.60 Å². The van der Waals surface area contributed by atoms with E-state index in [0.717, 1.165) is 24.9 Å². The summed E-state index contributed by atoms with van der Waals surface area (Å²) in [6, 6.07) is 10.4. The van der Waals surface area contributed by atoms with Gasteiger partial charge in [0.2, 0.25) is 0 Å². The molecule has 0 aromatic heterocycles. The van der Waals surface area contributed by atoms with E-state index in [2.05, 4.69) is 12.2 Å². The van der Waals surface area contributed by atoms with E-state index in [9.17, 15) is 5.11 Å². The number of benzene rings is 1. The molecule has 0 spiro atoms. The van der Waals surface area contributed by atoms with Gasteiger partial charge in [0, 0.05) is 6.04 Å². The lowest BCUT2D eigenvalue weighted by molar-refractivity contribution is -0.00646. The highest BCUT2D eigenvalue weighted by Gasteiger charge is 2.33. The number of halogens is 1. The molecule has 0 radical (unpaired) electrons. The van der Waals surface area contributed by atoms with Crippen LogP contribution in [0.4, 0.5) is 0 Å². The Balaban J connectivity index is 0.00000112. The third-order valence-electron chi connectivity index (χ3n) is 2.99. The molecule has 1 aliphatic heterocycles. The van der Waals surface area contributed by atoms with Gasteiger partial charge in [-0.1, -0.05) is 30.3 Å². The summed E-state index contributed by atoms with van der Waals surface area (Å²) in [5.74, 6) is 0. The SMILES string of the molecule is CC1CC(O)(c2ccccc2)CCN1.Cl. The fraction of sp³-hybridized carbons (Fsp3) is 0.500. The van der Waals surface area contributed by atoms with Crippen molar-refractivity contribution in [2.45, 2.75) is 31.4 Å². The topological polar surface area (TPSA) is 32.3 Å². The quantitative estimate of drug-likeness (QED) is 0.770. The van der Waals surface area contributed by atoms with E-state index >= 15 is 0 Å². The predicted octanol–water partition coefficient (Wildman–Crippen LogP) is 2.07. The molecule has 1 aliphatic rings. The highest BCUT2D eigenvalue weighted by Crippen LogP contribution is 2.32. The minimum absolute atomic E-state index is 0. The summed E-state index contributed by atoms with van der Waals surface area (Å²) in [5, 5.41) is 13.8. The monoisotopic (exact) mass is 227 g/mol. The lowest BCUT2D eigenvalue weighted by Crippen LogP contribution is -2.44. The molecule has 1 aromatic carbocycles. The first-order valence-corrected chi connectivity index (χ1v) is 5.22. The fourth-order valence-corrected chi connectivity index (χ4v) is 2.22. The number of piperidine rings is 1. The van der Waals surface area contributed by atoms with Gasteiger partial charge in [0.25, 0.3) is 0 Å². The summed E-state index contributed by atoms with van der Waals surface area (Å²) >= 11 is 0. The number of hydrogen-bond acceptors (Lipinski definition) is 2. The molecule has 15 heavy (non-hydrogen) atoms. The summed E-state index contributed by atoms with van der Waals surface area (Å²) in [6.45, 7) is 3.01. The Hall–Kier alpha value is -0.570. The Morgan fingerprint density at radius 1 is 1.33 bits per heavy atom. The number of nitrogens with one attached hydrogen (secondary N) is 1. The maximum atomic E-state index is 10.5. The van der Waals surface area contributed by atoms with Crippen molar-refractivity contribution in [2.75, 3.05) is 6.54 Å². The molecule has 84 valence electrons. The summed E-state index contributed by atoms with van der Waals surface area (Å²) in [4.78, 5) is 0. The Bertz CT molecular complexity index is 304. The van der Waals surface area contributed by atoms with Gasteiger partial charge in [0.1, 0.15) is 0 Å². The van der Waals surface area contributed by atoms with Crippen LogP contribution in [0.1, 0.15) is 25.3 Å². The van der Waals surface area contributed by atoms with Crippen LogP contribution in [0.2, 0.25) is 0 Å². The molecule has 3 heteroatoms. The van der Waals surface area contributed by atoms with Gasteiger partial charge in [0.05, 0.1) is 5.60 Å². The van der Waals surface area contributed by atoms with Crippen molar-refractivity contribution in [3.05, 3.63) is 35.9 Å². The van der Waals surface area contributed by atoms with Gasteiger partial charge < -0.3 is 10.4 Å². The fourth-order valence-electron chi connectivity index (χ4n) is 2.22. The standard InChI is InChI=1S/C12H17NO.ClH/c1-10-9-12(14,7-8-13-10)11-5-3-2-4-6-11;/h2-6,10,13-14H,7-9H2,1H3;1H. The van der Waals surface area contributed by atoms with E-state index in [1.54, 1.807) is 0 Å². The first-order chi connectivity index (χ1) is 6.71. The van der Waals surface area contributed by atoms with Gasteiger partial charge in [-0.3, -0.25) is 0 Å². The van der Waals surface area contributed by atoms with Crippen molar-refractivity contribution in [1.82, 2.24) is 5.32 Å². The van der Waals surface area contributed by atoms with Crippen LogP contribution in [0, 0.1) is 0 Å². The second kappa shape index (κ2) is 4.97. The zero-order chi connectivity index (χ0) is 10.0. The predicted molar refractivity (Wildman–Crippen MR) is 64.3 cm³/mol. The highest BCUT2D eigenvalue weighted by molar-refractivity contribution is 5.85. The van der Waals surface area contributed by atoms with Crippen molar-refractivity contribution in [3.8, 4) is 0 Å². The van der Waals surface area contributed by atoms with E-state index in [4.69, 9.17) is 0 Å². The highest BCUT2D eigenvalue weighted by atomic mass is 35.5. The third kappa shape index (κ3) is 2.71. The van der Waals surface area contributed by atoms with E-state index in [1.807, 2.05) is 30.3 Å². The summed E-state index contributed by atoms with van der Waals surface area (Å²) in [6.07, 6.45) is 1.61. The Kier molecular flexibility index (Phi) is 4.14. The molecule has 1 heterocycles. The number of hydrogen-bond donors (Lipinski definition) is 2. The Morgan fingerprint density at radius 3 is 2.60 bits per heavy atom. The molecule has 2 unspecified atom stereocenters. The maximum absolute atomic E-state index is 10.5. The maximum Gasteiger partial charge on any atom is 0.0923 e. The summed E-state index contributed by atoms with van der Waals surface area (Å²) < 4.78 is 0. The molecule has 0 saturated carbocycles. The molecular formula is C12H18ClNO. The molecule has 0 bridgehead atoms. The average molecular weight is 228 g/mol. The van der Waals surface area contributed by atoms with Crippen molar-refractivity contribution in [2.24, 2.45) is 0 Å². The van der Waals surface area contributed by atoms with Gasteiger partial charge in [-0.25, -0.2) is 0 Å². The largest absolute Gasteiger partial charge is 0.385 e. The smallest absolute Gasteiger partial charge is 0.0923 e. The van der Waals surface area contributed by atoms with Gasteiger partial charge in [0.15, 0.2) is 0 Å². The van der Waals surface area contributed by atoms with Crippen molar-refractivity contribution in [1.29, 1.82) is 0 Å². The molecule has 2 atom stereocenters. The lowest BCUT2D eigenvalue weighted by atomic mass is 9.82. The van der Waals surface area contributed by atoms with Crippen LogP contribution in [0.3, 0.4) is 0 Å². The Morgan fingerprint density at radius 2 is 2.00 bits per heavy atom. The second-order valence-electron chi connectivity index (χ2n) is 4.21. The van der Waals surface area contributed by atoms with E-state index in [0.29, 0.717) is 6.04 Å². The van der Waals surface area contributed by atoms with Gasteiger partial charge in [-0.15, -0.1) is 12.4 Å². The molecule has 2 nitrogen and oxygen atoms in total. The molecule has 1 aromatic rings. The minimum atomic E-state index is -0.619. The first kappa shape index (κ1) is 12.5. The van der Waals surface area contributed by atoms with Gasteiger partial charge >= 0.3 is 0 Å². The van der Waals surface area contributed by atoms with Crippen molar-refractivity contribution < 1.29 is 5.11 Å². The zero-order valence-electron chi connectivity index (χ0n) is 8.94. The molecule has 1 fully saturated rings. The molecule has 1 saturated heterocycles. The van der Waals surface area contributed by atoms with Crippen LogP contribution in [0.15, 0.2) is 30.3 Å². The van der Waals surface area contributed by atoms with Crippen LogP contribution < -0.4 is 5.32 Å². The molecule has 2 N–H and O–H groups in total. The van der Waals surface area contributed by atoms with Crippen molar-refractivity contribution >= 4 is 12.4 Å². The molecule has 0 aliphatic carbocycles. The summed E-state index contributed by atoms with van der Waals surface area (Å²) in [7, 11) is 0. The van der Waals surface area contributed by atoms with Crippen molar-refractivity contribution in [3.63, 3.8) is 0 Å². The second-order valence-corrected chi connectivity index (χ2v) is 4.21. The normalized spacial score (nSPS) is 30.7. The minimum Gasteiger partial charge on any atom is -0.385 e. The first-order valence-electron chi connectivity index (χ1n) is 5.22. The number of aliphatic hydroxyl groups is 1. The van der Waals surface area contributed by atoms with Crippen LogP contribution in [0.5, 0.6) is 0 Å². The molecular weight excluding hydrogens is 210 g/mol. The zero-order valence-corrected chi connectivity index (χ0v) is 9.76. The summed E-state index contributed by atoms with van der Waals surface area (Å²) in [5.41, 5.74) is 0.430. The van der Waals surface area contributed by atoms with E-state index < -0.39 is 5.60 Å². The third-order valence-corrected chi connectivity index (χ3v) is 2.99. The Labute approximate surface area is 97.1 Å². The van der Waals surface area contributed by atoms with Gasteiger partial charge in [-0.05, 0) is 31.9 Å². The van der Waals surface area contributed by atoms with E-state index in [1.165, 1.54) is 0 Å².